The fourth-order valence-corrected chi connectivity index (χ4v) is 3.65. The molecule has 144 valence electrons. The number of nitrogens with one attached hydrogen (secondary N) is 2. The standard InChI is InChI=1S/C16H27F3N4O2/c1-4-25-12-8-11(15(12)6-5-7-15)22-14(20-2)21-9-13(24)23(3)10-16(17,18)19/h11-12H,4-10H2,1-3H3,(H2,20,21,22). The molecule has 2 rings (SSSR count). The van der Waals surface area contributed by atoms with Crippen LogP contribution in [0.1, 0.15) is 32.6 Å². The van der Waals surface area contributed by atoms with Gasteiger partial charge >= 0.3 is 6.18 Å². The van der Waals surface area contributed by atoms with Crippen LogP contribution in [0.2, 0.25) is 0 Å². The number of halogens is 3. The fourth-order valence-electron chi connectivity index (χ4n) is 3.65. The summed E-state index contributed by atoms with van der Waals surface area (Å²) in [6.45, 7) is 1.17. The topological polar surface area (TPSA) is 66.0 Å². The average Bonchev–Trinajstić information content (AvgIpc) is 2.45. The van der Waals surface area contributed by atoms with Gasteiger partial charge in [-0.15, -0.1) is 0 Å². The number of hydrogen-bond donors (Lipinski definition) is 2. The average molecular weight is 364 g/mol. The highest BCUT2D eigenvalue weighted by Crippen LogP contribution is 2.57. The van der Waals surface area contributed by atoms with Crippen LogP contribution in [0.15, 0.2) is 4.99 Å². The van der Waals surface area contributed by atoms with Crippen LogP contribution < -0.4 is 10.6 Å². The second kappa shape index (κ2) is 7.80. The van der Waals surface area contributed by atoms with Crippen molar-refractivity contribution in [1.29, 1.82) is 0 Å². The summed E-state index contributed by atoms with van der Waals surface area (Å²) in [6, 6.07) is 0.215. The second-order valence-corrected chi connectivity index (χ2v) is 6.75. The molecule has 2 aliphatic rings. The Bertz CT molecular complexity index is 506. The molecule has 1 amide bonds. The highest BCUT2D eigenvalue weighted by atomic mass is 19.4. The smallest absolute Gasteiger partial charge is 0.378 e. The van der Waals surface area contributed by atoms with Gasteiger partial charge in [-0.3, -0.25) is 9.79 Å². The number of alkyl halides is 3. The summed E-state index contributed by atoms with van der Waals surface area (Å²) in [4.78, 5) is 16.5. The van der Waals surface area contributed by atoms with E-state index < -0.39 is 18.6 Å². The van der Waals surface area contributed by atoms with Crippen molar-refractivity contribution in [2.24, 2.45) is 10.4 Å². The maximum atomic E-state index is 12.3. The van der Waals surface area contributed by atoms with Gasteiger partial charge in [-0.2, -0.15) is 13.2 Å². The van der Waals surface area contributed by atoms with Crippen molar-refractivity contribution in [1.82, 2.24) is 15.5 Å². The summed E-state index contributed by atoms with van der Waals surface area (Å²) >= 11 is 0. The van der Waals surface area contributed by atoms with Gasteiger partial charge in [0, 0.05) is 32.2 Å². The summed E-state index contributed by atoms with van der Waals surface area (Å²) in [7, 11) is 2.71. The van der Waals surface area contributed by atoms with Crippen LogP contribution >= 0.6 is 0 Å². The molecule has 2 aliphatic carbocycles. The second-order valence-electron chi connectivity index (χ2n) is 6.75. The zero-order valence-corrected chi connectivity index (χ0v) is 14.9. The summed E-state index contributed by atoms with van der Waals surface area (Å²) in [5.74, 6) is -0.209. The number of aliphatic imine (C=N–C) groups is 1. The number of hydrogen-bond acceptors (Lipinski definition) is 3. The van der Waals surface area contributed by atoms with Gasteiger partial charge < -0.3 is 20.3 Å². The number of nitrogens with zero attached hydrogens (tertiary/aromatic N) is 2. The number of rotatable bonds is 6. The maximum Gasteiger partial charge on any atom is 0.406 e. The van der Waals surface area contributed by atoms with Gasteiger partial charge in [-0.25, -0.2) is 0 Å². The van der Waals surface area contributed by atoms with Crippen molar-refractivity contribution >= 4 is 11.9 Å². The van der Waals surface area contributed by atoms with Crippen LogP contribution in [-0.2, 0) is 9.53 Å². The van der Waals surface area contributed by atoms with Crippen LogP contribution in [-0.4, -0.2) is 68.9 Å². The summed E-state index contributed by atoms with van der Waals surface area (Å²) in [5.41, 5.74) is 0.130. The van der Waals surface area contributed by atoms with Crippen LogP contribution in [0.4, 0.5) is 13.2 Å². The van der Waals surface area contributed by atoms with Crippen molar-refractivity contribution in [3.05, 3.63) is 0 Å². The van der Waals surface area contributed by atoms with Crippen molar-refractivity contribution in [3.63, 3.8) is 0 Å². The van der Waals surface area contributed by atoms with Gasteiger partial charge in [0.05, 0.1) is 12.6 Å². The molecule has 0 bridgehead atoms. The van der Waals surface area contributed by atoms with Gasteiger partial charge in [0.25, 0.3) is 0 Å². The lowest BCUT2D eigenvalue weighted by Crippen LogP contribution is -2.68. The van der Waals surface area contributed by atoms with E-state index in [1.54, 1.807) is 7.05 Å². The lowest BCUT2D eigenvalue weighted by Gasteiger charge is -2.61. The summed E-state index contributed by atoms with van der Waals surface area (Å²) in [5, 5.41) is 6.10. The number of ether oxygens (including phenoxy) is 1. The van der Waals surface area contributed by atoms with E-state index in [4.69, 9.17) is 4.74 Å². The molecule has 2 unspecified atom stereocenters. The third-order valence-corrected chi connectivity index (χ3v) is 5.22. The molecular formula is C16H27F3N4O2. The number of carbonyl (C=O) groups is 1. The van der Waals surface area contributed by atoms with Gasteiger partial charge in [-0.05, 0) is 26.2 Å². The molecule has 0 radical (unpaired) electrons. The molecule has 2 N–H and O–H groups in total. The van der Waals surface area contributed by atoms with Gasteiger partial charge in [0.2, 0.25) is 5.91 Å². The van der Waals surface area contributed by atoms with Crippen LogP contribution in [0, 0.1) is 5.41 Å². The first-order valence-electron chi connectivity index (χ1n) is 8.61. The third kappa shape index (κ3) is 4.56. The molecule has 0 aromatic rings. The number of guanidine groups is 1. The largest absolute Gasteiger partial charge is 0.406 e. The molecule has 0 saturated heterocycles. The quantitative estimate of drug-likeness (QED) is 0.554. The van der Waals surface area contributed by atoms with Crippen LogP contribution in [0.5, 0.6) is 0 Å². The first-order valence-corrected chi connectivity index (χ1v) is 8.61. The zero-order chi connectivity index (χ0) is 18.7. The van der Waals surface area contributed by atoms with Crippen LogP contribution in [0.3, 0.4) is 0 Å². The van der Waals surface area contributed by atoms with E-state index in [0.717, 1.165) is 26.3 Å². The highest BCUT2D eigenvalue weighted by molar-refractivity contribution is 5.86. The molecule has 2 fully saturated rings. The van der Waals surface area contributed by atoms with Crippen molar-refractivity contribution in [3.8, 4) is 0 Å². The number of carbonyl (C=O) groups excluding carboxylic acids is 1. The third-order valence-electron chi connectivity index (χ3n) is 5.22. The first-order chi connectivity index (χ1) is 11.7. The van der Waals surface area contributed by atoms with E-state index in [0.29, 0.717) is 17.5 Å². The Balaban J connectivity index is 1.81. The maximum absolute atomic E-state index is 12.3. The Morgan fingerprint density at radius 1 is 1.40 bits per heavy atom. The van der Waals surface area contributed by atoms with E-state index in [2.05, 4.69) is 15.6 Å². The highest BCUT2D eigenvalue weighted by Gasteiger charge is 2.59. The molecule has 2 atom stereocenters. The van der Waals surface area contributed by atoms with Crippen LogP contribution in [0.25, 0.3) is 0 Å². The Hall–Kier alpha value is -1.51. The monoisotopic (exact) mass is 364 g/mol. The van der Waals surface area contributed by atoms with Gasteiger partial charge in [0.1, 0.15) is 6.54 Å². The molecular weight excluding hydrogens is 337 g/mol. The number of amides is 1. The molecule has 6 nitrogen and oxygen atoms in total. The molecule has 0 heterocycles. The van der Waals surface area contributed by atoms with E-state index in [1.807, 2.05) is 6.92 Å². The SMILES string of the molecule is CCOC1CC(NC(=NC)NCC(=O)N(C)CC(F)(F)F)C12CCC2. The Labute approximate surface area is 146 Å². The predicted octanol–water partition coefficient (Wildman–Crippen LogP) is 1.52. The molecule has 25 heavy (non-hydrogen) atoms. The van der Waals surface area contributed by atoms with E-state index in [1.165, 1.54) is 6.42 Å². The molecule has 2 saturated carbocycles. The molecule has 1 spiro atoms. The Morgan fingerprint density at radius 3 is 2.56 bits per heavy atom. The molecule has 0 aliphatic heterocycles. The fraction of sp³-hybridized carbons (Fsp3) is 0.875. The lowest BCUT2D eigenvalue weighted by molar-refractivity contribution is -0.168. The van der Waals surface area contributed by atoms with Gasteiger partial charge in [0.15, 0.2) is 5.96 Å². The zero-order valence-electron chi connectivity index (χ0n) is 14.9. The Morgan fingerprint density at radius 2 is 2.08 bits per heavy atom. The van der Waals surface area contributed by atoms with Gasteiger partial charge in [-0.1, -0.05) is 6.42 Å². The minimum Gasteiger partial charge on any atom is -0.378 e. The van der Waals surface area contributed by atoms with E-state index >= 15 is 0 Å². The predicted molar refractivity (Wildman–Crippen MR) is 88.3 cm³/mol. The van der Waals surface area contributed by atoms with Crippen molar-refractivity contribution in [2.45, 2.75) is 50.9 Å². The molecule has 9 heteroatoms. The van der Waals surface area contributed by atoms with E-state index in [-0.39, 0.29) is 24.1 Å². The van der Waals surface area contributed by atoms with Crippen molar-refractivity contribution in [2.75, 3.05) is 33.8 Å². The van der Waals surface area contributed by atoms with Crippen molar-refractivity contribution < 1.29 is 22.7 Å². The normalized spacial score (nSPS) is 25.1. The minimum atomic E-state index is -4.40. The molecule has 0 aromatic carbocycles. The summed E-state index contributed by atoms with van der Waals surface area (Å²) < 4.78 is 42.8. The van der Waals surface area contributed by atoms with E-state index in [9.17, 15) is 18.0 Å². The summed E-state index contributed by atoms with van der Waals surface area (Å²) in [6.07, 6.45) is 0.0899. The minimum absolute atomic E-state index is 0.130. The molecule has 0 aromatic heterocycles. The first kappa shape index (κ1) is 19.8. The Kier molecular flexibility index (Phi) is 6.18. The number of likely N-dealkylation sites (N-methyl/N-ethyl adjacent to an activating group) is 1. The lowest BCUT2D eigenvalue weighted by atomic mass is 9.51.